The van der Waals surface area contributed by atoms with Gasteiger partial charge in [-0.25, -0.2) is 0 Å². The Kier molecular flexibility index (Phi) is 2.83. The second-order valence-electron chi connectivity index (χ2n) is 2.66. The van der Waals surface area contributed by atoms with Crippen molar-refractivity contribution in [2.75, 3.05) is 24.2 Å². The monoisotopic (exact) mass is 188 g/mol. The number of hydrogen-bond acceptors (Lipinski definition) is 6. The molecule has 0 aromatic carbocycles. The first kappa shape index (κ1) is 9.21. The van der Waals surface area contributed by atoms with Gasteiger partial charge in [-0.2, -0.15) is 9.36 Å². The normalized spacial score (nSPS) is 12.9. The lowest BCUT2D eigenvalue weighted by Gasteiger charge is -2.16. The van der Waals surface area contributed by atoms with Crippen molar-refractivity contribution in [2.45, 2.75) is 13.0 Å². The maximum atomic E-state index is 9.07. The quantitative estimate of drug-likeness (QED) is 0.695. The molecule has 0 spiro atoms. The summed E-state index contributed by atoms with van der Waals surface area (Å²) in [4.78, 5) is 5.78. The van der Waals surface area contributed by atoms with E-state index in [0.29, 0.717) is 6.54 Å². The molecule has 1 aromatic heterocycles. The van der Waals surface area contributed by atoms with Crippen LogP contribution in [0.15, 0.2) is 0 Å². The fourth-order valence-electron chi connectivity index (χ4n) is 0.856. The summed E-state index contributed by atoms with van der Waals surface area (Å²) in [7, 11) is 1.84. The van der Waals surface area contributed by atoms with Crippen LogP contribution in [-0.2, 0) is 0 Å². The summed E-state index contributed by atoms with van der Waals surface area (Å²) in [5.41, 5.74) is 5.35. The van der Waals surface area contributed by atoms with E-state index < -0.39 is 0 Å². The number of aliphatic hydroxyl groups excluding tert-OH is 1. The highest BCUT2D eigenvalue weighted by Crippen LogP contribution is 2.16. The lowest BCUT2D eigenvalue weighted by Crippen LogP contribution is -2.26. The molecule has 0 aliphatic heterocycles. The van der Waals surface area contributed by atoms with Gasteiger partial charge in [0, 0.05) is 25.1 Å². The zero-order chi connectivity index (χ0) is 9.14. The first-order valence-electron chi connectivity index (χ1n) is 3.58. The van der Waals surface area contributed by atoms with Crippen LogP contribution >= 0.6 is 11.5 Å². The zero-order valence-electron chi connectivity index (χ0n) is 7.06. The summed E-state index contributed by atoms with van der Waals surface area (Å²) in [6.07, 6.45) is -0.375. The predicted molar refractivity (Wildman–Crippen MR) is 49.3 cm³/mol. The molecule has 1 unspecified atom stereocenters. The van der Waals surface area contributed by atoms with Crippen molar-refractivity contribution in [1.29, 1.82) is 0 Å². The Morgan fingerprint density at radius 2 is 2.42 bits per heavy atom. The molecular weight excluding hydrogens is 176 g/mol. The highest BCUT2D eigenvalue weighted by atomic mass is 32.1. The average Bonchev–Trinajstić information content (AvgIpc) is 2.34. The molecule has 0 amide bonds. The SMILES string of the molecule is CC(O)CN(C)c1nc(N)ns1. The van der Waals surface area contributed by atoms with Gasteiger partial charge in [-0.3, -0.25) is 0 Å². The number of nitrogen functional groups attached to an aromatic ring is 1. The topological polar surface area (TPSA) is 75.3 Å². The number of hydrogen-bond donors (Lipinski definition) is 2. The van der Waals surface area contributed by atoms with Crippen molar-refractivity contribution in [3.05, 3.63) is 0 Å². The van der Waals surface area contributed by atoms with Crippen molar-refractivity contribution >= 4 is 22.6 Å². The van der Waals surface area contributed by atoms with Gasteiger partial charge in [0.05, 0.1) is 6.10 Å². The van der Waals surface area contributed by atoms with Crippen molar-refractivity contribution in [1.82, 2.24) is 9.36 Å². The first-order valence-corrected chi connectivity index (χ1v) is 4.35. The van der Waals surface area contributed by atoms with Crippen LogP contribution in [0.25, 0.3) is 0 Å². The van der Waals surface area contributed by atoms with Gasteiger partial charge in [-0.05, 0) is 6.92 Å². The van der Waals surface area contributed by atoms with Gasteiger partial charge in [0.25, 0.3) is 0 Å². The number of nitrogens with two attached hydrogens (primary N) is 1. The van der Waals surface area contributed by atoms with E-state index >= 15 is 0 Å². The second kappa shape index (κ2) is 3.68. The molecule has 3 N–H and O–H groups in total. The van der Waals surface area contributed by atoms with Gasteiger partial charge in [0.1, 0.15) is 0 Å². The minimum absolute atomic E-state index is 0.285. The third-order valence-corrected chi connectivity index (χ3v) is 2.14. The number of aromatic nitrogens is 2. The number of rotatable bonds is 3. The molecule has 68 valence electrons. The van der Waals surface area contributed by atoms with E-state index in [4.69, 9.17) is 10.8 Å². The van der Waals surface area contributed by atoms with E-state index in [2.05, 4.69) is 9.36 Å². The van der Waals surface area contributed by atoms with Crippen molar-refractivity contribution in [2.24, 2.45) is 0 Å². The molecule has 6 heteroatoms. The highest BCUT2D eigenvalue weighted by Gasteiger charge is 2.08. The molecule has 0 saturated heterocycles. The van der Waals surface area contributed by atoms with Crippen LogP contribution in [0.3, 0.4) is 0 Å². The van der Waals surface area contributed by atoms with E-state index in [1.165, 1.54) is 11.5 Å². The zero-order valence-corrected chi connectivity index (χ0v) is 7.88. The largest absolute Gasteiger partial charge is 0.392 e. The third-order valence-electron chi connectivity index (χ3n) is 1.30. The van der Waals surface area contributed by atoms with Gasteiger partial charge >= 0.3 is 0 Å². The van der Waals surface area contributed by atoms with E-state index in [0.717, 1.165) is 5.13 Å². The Labute approximate surface area is 75.0 Å². The minimum Gasteiger partial charge on any atom is -0.392 e. The van der Waals surface area contributed by atoms with Gasteiger partial charge in [-0.15, -0.1) is 0 Å². The molecule has 1 atom stereocenters. The molecule has 0 saturated carbocycles. The molecule has 0 aliphatic carbocycles. The Morgan fingerprint density at radius 3 is 2.83 bits per heavy atom. The van der Waals surface area contributed by atoms with Crippen molar-refractivity contribution in [3.8, 4) is 0 Å². The molecule has 0 fully saturated rings. The minimum atomic E-state index is -0.375. The van der Waals surface area contributed by atoms with Crippen LogP contribution in [0, 0.1) is 0 Å². The molecular formula is C6H12N4OS. The Morgan fingerprint density at radius 1 is 1.75 bits per heavy atom. The van der Waals surface area contributed by atoms with Crippen LogP contribution in [0.2, 0.25) is 0 Å². The Balaban J connectivity index is 2.58. The molecule has 1 aromatic rings. The molecule has 0 bridgehead atoms. The fraction of sp³-hybridized carbons (Fsp3) is 0.667. The van der Waals surface area contributed by atoms with Crippen LogP contribution in [0.4, 0.5) is 11.1 Å². The molecule has 1 heterocycles. The third kappa shape index (κ3) is 2.31. The molecule has 0 radical (unpaired) electrons. The Bertz CT molecular complexity index is 249. The van der Waals surface area contributed by atoms with E-state index in [1.807, 2.05) is 11.9 Å². The number of aliphatic hydroxyl groups is 1. The number of nitrogens with zero attached hydrogens (tertiary/aromatic N) is 3. The number of anilines is 2. The van der Waals surface area contributed by atoms with Crippen molar-refractivity contribution in [3.63, 3.8) is 0 Å². The summed E-state index contributed by atoms with van der Waals surface area (Å²) in [5.74, 6) is 0.285. The maximum Gasteiger partial charge on any atom is 0.233 e. The van der Waals surface area contributed by atoms with Crippen LogP contribution < -0.4 is 10.6 Å². The summed E-state index contributed by atoms with van der Waals surface area (Å²) in [5, 5.41) is 9.80. The van der Waals surface area contributed by atoms with Gasteiger partial charge in [-0.1, -0.05) is 0 Å². The maximum absolute atomic E-state index is 9.07. The van der Waals surface area contributed by atoms with Gasteiger partial charge < -0.3 is 15.7 Å². The molecule has 0 aliphatic rings. The smallest absolute Gasteiger partial charge is 0.233 e. The van der Waals surface area contributed by atoms with E-state index in [-0.39, 0.29) is 12.1 Å². The highest BCUT2D eigenvalue weighted by molar-refractivity contribution is 7.09. The van der Waals surface area contributed by atoms with Gasteiger partial charge in [0.2, 0.25) is 11.1 Å². The van der Waals surface area contributed by atoms with E-state index in [1.54, 1.807) is 6.92 Å². The van der Waals surface area contributed by atoms with Crippen LogP contribution in [-0.4, -0.2) is 34.2 Å². The summed E-state index contributed by atoms with van der Waals surface area (Å²) < 4.78 is 3.83. The standard InChI is InChI=1S/C6H12N4OS/c1-4(11)3-10(2)6-8-5(7)9-12-6/h4,11H,3H2,1-2H3,(H2,7,9). The van der Waals surface area contributed by atoms with Crippen molar-refractivity contribution < 1.29 is 5.11 Å². The lowest BCUT2D eigenvalue weighted by molar-refractivity contribution is 0.201. The summed E-state index contributed by atoms with van der Waals surface area (Å²) >= 11 is 1.23. The van der Waals surface area contributed by atoms with Crippen LogP contribution in [0.5, 0.6) is 0 Å². The van der Waals surface area contributed by atoms with Gasteiger partial charge in [0.15, 0.2) is 0 Å². The molecule has 12 heavy (non-hydrogen) atoms. The average molecular weight is 188 g/mol. The predicted octanol–water partition coefficient (Wildman–Crippen LogP) is -0.0627. The fourth-order valence-corrected chi connectivity index (χ4v) is 1.42. The Hall–Kier alpha value is -0.880. The van der Waals surface area contributed by atoms with E-state index in [9.17, 15) is 0 Å². The molecule has 5 nitrogen and oxygen atoms in total. The molecule has 1 rings (SSSR count). The summed E-state index contributed by atoms with van der Waals surface area (Å²) in [6, 6.07) is 0. The number of likely N-dealkylation sites (N-methyl/N-ethyl adjacent to an activating group) is 1. The first-order chi connectivity index (χ1) is 5.59. The lowest BCUT2D eigenvalue weighted by atomic mass is 10.4. The summed E-state index contributed by atoms with van der Waals surface area (Å²) in [6.45, 7) is 2.26. The second-order valence-corrected chi connectivity index (χ2v) is 3.39. The van der Waals surface area contributed by atoms with Crippen LogP contribution in [0.1, 0.15) is 6.92 Å².